The van der Waals surface area contributed by atoms with E-state index in [4.69, 9.17) is 4.74 Å². The van der Waals surface area contributed by atoms with Crippen molar-refractivity contribution in [1.82, 2.24) is 5.32 Å². The first-order valence-electron chi connectivity index (χ1n) is 5.58. The molecule has 3 atom stereocenters. The second-order valence-corrected chi connectivity index (χ2v) is 5.20. The molecule has 1 rings (SSSR count). The molecular formula is C11H20BrNO2. The van der Waals surface area contributed by atoms with Crippen molar-refractivity contribution in [3.8, 4) is 0 Å². The summed E-state index contributed by atoms with van der Waals surface area (Å²) in [6.07, 6.45) is 2.19. The monoisotopic (exact) mass is 277 g/mol. The Morgan fingerprint density at radius 1 is 1.67 bits per heavy atom. The first kappa shape index (κ1) is 13.0. The lowest BCUT2D eigenvalue weighted by Gasteiger charge is -2.13. The number of alkyl halides is 1. The van der Waals surface area contributed by atoms with Crippen molar-refractivity contribution >= 4 is 21.8 Å². The maximum absolute atomic E-state index is 11.7. The molecule has 0 bridgehead atoms. The van der Waals surface area contributed by atoms with Crippen LogP contribution in [-0.2, 0) is 9.53 Å². The first-order valence-corrected chi connectivity index (χ1v) is 6.71. The third-order valence-electron chi connectivity index (χ3n) is 2.80. The SMILES string of the molecule is CC(CCBr)CNC(=O)C1COC(C)C1. The molecule has 1 amide bonds. The molecule has 1 fully saturated rings. The summed E-state index contributed by atoms with van der Waals surface area (Å²) >= 11 is 3.40. The fourth-order valence-corrected chi connectivity index (χ4v) is 2.49. The average molecular weight is 278 g/mol. The van der Waals surface area contributed by atoms with E-state index >= 15 is 0 Å². The molecule has 0 aromatic carbocycles. The van der Waals surface area contributed by atoms with E-state index in [1.807, 2.05) is 6.92 Å². The van der Waals surface area contributed by atoms with Gasteiger partial charge in [0.15, 0.2) is 0 Å². The summed E-state index contributed by atoms with van der Waals surface area (Å²) in [5.74, 6) is 0.755. The molecule has 0 saturated carbocycles. The van der Waals surface area contributed by atoms with Gasteiger partial charge in [0.2, 0.25) is 5.91 Å². The quantitative estimate of drug-likeness (QED) is 0.781. The molecule has 1 aliphatic heterocycles. The molecule has 1 heterocycles. The third kappa shape index (κ3) is 4.51. The Morgan fingerprint density at radius 3 is 2.93 bits per heavy atom. The van der Waals surface area contributed by atoms with Gasteiger partial charge in [0.05, 0.1) is 18.6 Å². The molecule has 4 heteroatoms. The zero-order valence-electron chi connectivity index (χ0n) is 9.46. The Bertz CT molecular complexity index is 211. The average Bonchev–Trinajstić information content (AvgIpc) is 2.62. The molecular weight excluding hydrogens is 258 g/mol. The van der Waals surface area contributed by atoms with Crippen molar-refractivity contribution in [3.05, 3.63) is 0 Å². The number of halogens is 1. The molecule has 0 aromatic rings. The molecule has 0 radical (unpaired) electrons. The van der Waals surface area contributed by atoms with Crippen LogP contribution < -0.4 is 5.32 Å². The fourth-order valence-electron chi connectivity index (χ4n) is 1.71. The lowest BCUT2D eigenvalue weighted by atomic mass is 10.0. The molecule has 0 spiro atoms. The zero-order valence-corrected chi connectivity index (χ0v) is 11.0. The molecule has 1 saturated heterocycles. The lowest BCUT2D eigenvalue weighted by molar-refractivity contribution is -0.125. The van der Waals surface area contributed by atoms with Crippen LogP contribution in [0.4, 0.5) is 0 Å². The number of hydrogen-bond donors (Lipinski definition) is 1. The molecule has 0 aromatic heterocycles. The van der Waals surface area contributed by atoms with Gasteiger partial charge in [0.25, 0.3) is 0 Å². The maximum atomic E-state index is 11.7. The van der Waals surface area contributed by atoms with Gasteiger partial charge in [-0.2, -0.15) is 0 Å². The Hall–Kier alpha value is -0.0900. The van der Waals surface area contributed by atoms with Gasteiger partial charge in [-0.25, -0.2) is 0 Å². The number of ether oxygens (including phenoxy) is 1. The van der Waals surface area contributed by atoms with Crippen molar-refractivity contribution in [3.63, 3.8) is 0 Å². The van der Waals surface area contributed by atoms with Crippen LogP contribution in [0.15, 0.2) is 0 Å². The standard InChI is InChI=1S/C11H20BrNO2/c1-8(3-4-12)6-13-11(14)10-5-9(2)15-7-10/h8-10H,3-7H2,1-2H3,(H,13,14). The van der Waals surface area contributed by atoms with Crippen LogP contribution in [0.5, 0.6) is 0 Å². The topological polar surface area (TPSA) is 38.3 Å². The van der Waals surface area contributed by atoms with Gasteiger partial charge >= 0.3 is 0 Å². The summed E-state index contributed by atoms with van der Waals surface area (Å²) in [5, 5.41) is 3.98. The van der Waals surface area contributed by atoms with E-state index in [9.17, 15) is 4.79 Å². The number of rotatable bonds is 5. The summed E-state index contributed by atoms with van der Waals surface area (Å²) in [7, 11) is 0. The normalized spacial score (nSPS) is 27.7. The van der Waals surface area contributed by atoms with Crippen molar-refractivity contribution in [2.45, 2.75) is 32.8 Å². The number of carbonyl (C=O) groups excluding carboxylic acids is 1. The smallest absolute Gasteiger partial charge is 0.225 e. The van der Waals surface area contributed by atoms with Crippen molar-refractivity contribution in [1.29, 1.82) is 0 Å². The van der Waals surface area contributed by atoms with Gasteiger partial charge in [0, 0.05) is 11.9 Å². The van der Waals surface area contributed by atoms with E-state index in [-0.39, 0.29) is 17.9 Å². The van der Waals surface area contributed by atoms with E-state index in [1.54, 1.807) is 0 Å². The highest BCUT2D eigenvalue weighted by Gasteiger charge is 2.27. The second-order valence-electron chi connectivity index (χ2n) is 4.40. The highest BCUT2D eigenvalue weighted by Crippen LogP contribution is 2.19. The van der Waals surface area contributed by atoms with Gasteiger partial charge in [0.1, 0.15) is 0 Å². The van der Waals surface area contributed by atoms with Crippen LogP contribution in [0.1, 0.15) is 26.7 Å². The Labute approximate surface area is 100 Å². The summed E-state index contributed by atoms with van der Waals surface area (Å²) in [6.45, 7) is 5.52. The van der Waals surface area contributed by atoms with Crippen LogP contribution in [0, 0.1) is 11.8 Å². The van der Waals surface area contributed by atoms with Crippen molar-refractivity contribution in [2.75, 3.05) is 18.5 Å². The van der Waals surface area contributed by atoms with Crippen LogP contribution in [-0.4, -0.2) is 30.5 Å². The highest BCUT2D eigenvalue weighted by molar-refractivity contribution is 9.09. The first-order chi connectivity index (χ1) is 7.13. The Balaban J connectivity index is 2.18. The molecule has 1 N–H and O–H groups in total. The minimum absolute atomic E-state index is 0.0659. The van der Waals surface area contributed by atoms with E-state index in [2.05, 4.69) is 28.2 Å². The predicted molar refractivity (Wildman–Crippen MR) is 64.1 cm³/mol. The van der Waals surface area contributed by atoms with Gasteiger partial charge in [-0.05, 0) is 25.7 Å². The number of nitrogens with one attached hydrogen (secondary N) is 1. The molecule has 15 heavy (non-hydrogen) atoms. The summed E-state index contributed by atoms with van der Waals surface area (Å²) < 4.78 is 5.37. The fraction of sp³-hybridized carbons (Fsp3) is 0.909. The van der Waals surface area contributed by atoms with Crippen molar-refractivity contribution < 1.29 is 9.53 Å². The summed E-state index contributed by atoms with van der Waals surface area (Å²) in [4.78, 5) is 11.7. The molecule has 0 aliphatic carbocycles. The number of amides is 1. The van der Waals surface area contributed by atoms with Crippen LogP contribution in [0.2, 0.25) is 0 Å². The predicted octanol–water partition coefficient (Wildman–Crippen LogP) is 1.95. The number of hydrogen-bond acceptors (Lipinski definition) is 2. The highest BCUT2D eigenvalue weighted by atomic mass is 79.9. The molecule has 3 unspecified atom stereocenters. The van der Waals surface area contributed by atoms with E-state index in [0.29, 0.717) is 12.5 Å². The van der Waals surface area contributed by atoms with E-state index < -0.39 is 0 Å². The minimum Gasteiger partial charge on any atom is -0.378 e. The third-order valence-corrected chi connectivity index (χ3v) is 3.25. The largest absolute Gasteiger partial charge is 0.378 e. The zero-order chi connectivity index (χ0) is 11.3. The second kappa shape index (κ2) is 6.48. The van der Waals surface area contributed by atoms with E-state index in [0.717, 1.165) is 24.7 Å². The Kier molecular flexibility index (Phi) is 5.61. The number of carbonyl (C=O) groups is 1. The molecule has 3 nitrogen and oxygen atoms in total. The van der Waals surface area contributed by atoms with Crippen LogP contribution >= 0.6 is 15.9 Å². The van der Waals surface area contributed by atoms with Crippen LogP contribution in [0.25, 0.3) is 0 Å². The van der Waals surface area contributed by atoms with Gasteiger partial charge in [-0.1, -0.05) is 22.9 Å². The van der Waals surface area contributed by atoms with E-state index in [1.165, 1.54) is 0 Å². The maximum Gasteiger partial charge on any atom is 0.225 e. The molecule has 88 valence electrons. The minimum atomic E-state index is 0.0659. The van der Waals surface area contributed by atoms with Crippen LogP contribution in [0.3, 0.4) is 0 Å². The lowest BCUT2D eigenvalue weighted by Crippen LogP contribution is -2.34. The Morgan fingerprint density at radius 2 is 2.40 bits per heavy atom. The van der Waals surface area contributed by atoms with Gasteiger partial charge in [-0.15, -0.1) is 0 Å². The molecule has 1 aliphatic rings. The van der Waals surface area contributed by atoms with Gasteiger partial charge in [-0.3, -0.25) is 4.79 Å². The summed E-state index contributed by atoms with van der Waals surface area (Å²) in [6, 6.07) is 0. The summed E-state index contributed by atoms with van der Waals surface area (Å²) in [5.41, 5.74) is 0. The van der Waals surface area contributed by atoms with Gasteiger partial charge < -0.3 is 10.1 Å². The van der Waals surface area contributed by atoms with Crippen molar-refractivity contribution in [2.24, 2.45) is 11.8 Å².